The van der Waals surface area contributed by atoms with Crippen molar-refractivity contribution in [1.29, 1.82) is 0 Å². The monoisotopic (exact) mass is 341 g/mol. The van der Waals surface area contributed by atoms with Crippen LogP contribution in [0.5, 0.6) is 5.75 Å². The molecule has 2 aromatic carbocycles. The third-order valence-electron chi connectivity index (χ3n) is 4.07. The molecule has 1 heterocycles. The standard InChI is InChI=1S/C18H19N3O4/c1-25-15-5-2-12(3-6-15)9-21-10-14-8-13(18(23)20-24)4-7-16(14)19-17(22)11-21/h2-8,24H,9-11H2,1H3,(H,19,22)(H,20,23). The van der Waals surface area contributed by atoms with Gasteiger partial charge in [-0.05, 0) is 41.5 Å². The smallest absolute Gasteiger partial charge is 0.274 e. The van der Waals surface area contributed by atoms with Gasteiger partial charge in [-0.15, -0.1) is 0 Å². The zero-order valence-corrected chi connectivity index (χ0v) is 13.8. The molecule has 3 rings (SSSR count). The van der Waals surface area contributed by atoms with E-state index in [1.807, 2.05) is 29.2 Å². The van der Waals surface area contributed by atoms with Gasteiger partial charge in [-0.3, -0.25) is 19.7 Å². The van der Waals surface area contributed by atoms with Crippen LogP contribution in [0.4, 0.5) is 5.69 Å². The quantitative estimate of drug-likeness (QED) is 0.582. The van der Waals surface area contributed by atoms with Gasteiger partial charge in [0.1, 0.15) is 5.75 Å². The molecule has 0 spiro atoms. The van der Waals surface area contributed by atoms with E-state index in [0.29, 0.717) is 24.3 Å². The summed E-state index contributed by atoms with van der Waals surface area (Å²) < 4.78 is 5.15. The molecule has 0 unspecified atom stereocenters. The summed E-state index contributed by atoms with van der Waals surface area (Å²) in [6.07, 6.45) is 0. The van der Waals surface area contributed by atoms with Gasteiger partial charge >= 0.3 is 0 Å². The van der Waals surface area contributed by atoms with Gasteiger partial charge in [-0.1, -0.05) is 12.1 Å². The Bertz CT molecular complexity index is 789. The van der Waals surface area contributed by atoms with Crippen molar-refractivity contribution in [2.24, 2.45) is 0 Å². The van der Waals surface area contributed by atoms with Crippen molar-refractivity contribution in [3.8, 4) is 5.75 Å². The molecule has 1 aliphatic rings. The number of ether oxygens (including phenoxy) is 1. The number of methoxy groups -OCH3 is 1. The van der Waals surface area contributed by atoms with E-state index in [-0.39, 0.29) is 12.5 Å². The fraction of sp³-hybridized carbons (Fsp3) is 0.222. The van der Waals surface area contributed by atoms with Crippen molar-refractivity contribution < 1.29 is 19.5 Å². The maximum atomic E-state index is 12.1. The number of hydrogen-bond donors (Lipinski definition) is 3. The number of hydrogen-bond acceptors (Lipinski definition) is 5. The lowest BCUT2D eigenvalue weighted by atomic mass is 10.1. The van der Waals surface area contributed by atoms with Gasteiger partial charge in [0, 0.05) is 24.3 Å². The second kappa shape index (κ2) is 7.33. The Kier molecular flexibility index (Phi) is 4.97. The first-order valence-electron chi connectivity index (χ1n) is 7.81. The van der Waals surface area contributed by atoms with Gasteiger partial charge < -0.3 is 10.1 Å². The van der Waals surface area contributed by atoms with Gasteiger partial charge in [0.2, 0.25) is 5.91 Å². The first kappa shape index (κ1) is 16.9. The molecule has 0 aliphatic carbocycles. The fourth-order valence-electron chi connectivity index (χ4n) is 2.84. The molecule has 2 aromatic rings. The van der Waals surface area contributed by atoms with Gasteiger partial charge in [0.05, 0.1) is 13.7 Å². The zero-order valence-electron chi connectivity index (χ0n) is 13.8. The average Bonchev–Trinajstić information content (AvgIpc) is 2.78. The molecule has 7 nitrogen and oxygen atoms in total. The Balaban J connectivity index is 1.82. The molecule has 0 bridgehead atoms. The number of nitrogens with one attached hydrogen (secondary N) is 2. The second-order valence-corrected chi connectivity index (χ2v) is 5.85. The number of carbonyl (C=O) groups excluding carboxylic acids is 2. The number of nitrogens with zero attached hydrogens (tertiary/aromatic N) is 1. The number of rotatable bonds is 4. The van der Waals surface area contributed by atoms with Crippen molar-refractivity contribution >= 4 is 17.5 Å². The highest BCUT2D eigenvalue weighted by molar-refractivity contribution is 5.97. The van der Waals surface area contributed by atoms with Crippen LogP contribution in [0.25, 0.3) is 0 Å². The summed E-state index contributed by atoms with van der Waals surface area (Å²) in [6, 6.07) is 12.6. The molecule has 0 saturated heterocycles. The number of hydroxylamine groups is 1. The highest BCUT2D eigenvalue weighted by atomic mass is 16.5. The Labute approximate surface area is 145 Å². The van der Waals surface area contributed by atoms with Gasteiger partial charge in [-0.2, -0.15) is 0 Å². The molecule has 7 heteroatoms. The van der Waals surface area contributed by atoms with E-state index in [0.717, 1.165) is 16.9 Å². The van der Waals surface area contributed by atoms with E-state index in [2.05, 4.69) is 5.32 Å². The summed E-state index contributed by atoms with van der Waals surface area (Å²) in [6.45, 7) is 1.35. The molecule has 3 N–H and O–H groups in total. The topological polar surface area (TPSA) is 90.9 Å². The van der Waals surface area contributed by atoms with Crippen molar-refractivity contribution in [2.75, 3.05) is 19.0 Å². The largest absolute Gasteiger partial charge is 0.497 e. The van der Waals surface area contributed by atoms with Gasteiger partial charge in [0.25, 0.3) is 5.91 Å². The lowest BCUT2D eigenvalue weighted by Crippen LogP contribution is -2.29. The van der Waals surface area contributed by atoms with E-state index in [1.165, 1.54) is 0 Å². The fourth-order valence-corrected chi connectivity index (χ4v) is 2.84. The number of carbonyl (C=O) groups is 2. The minimum Gasteiger partial charge on any atom is -0.497 e. The predicted octanol–water partition coefficient (Wildman–Crippen LogP) is 1.77. The summed E-state index contributed by atoms with van der Waals surface area (Å²) in [5.74, 6) is 0.0917. The summed E-state index contributed by atoms with van der Waals surface area (Å²) in [5, 5.41) is 11.6. The van der Waals surface area contributed by atoms with E-state index >= 15 is 0 Å². The number of amides is 2. The van der Waals surface area contributed by atoms with Crippen LogP contribution in [0.3, 0.4) is 0 Å². The minimum atomic E-state index is -0.583. The van der Waals surface area contributed by atoms with Crippen LogP contribution in [0.15, 0.2) is 42.5 Å². The van der Waals surface area contributed by atoms with Crippen LogP contribution in [0.1, 0.15) is 21.5 Å². The number of benzene rings is 2. The Morgan fingerprint density at radius 2 is 2.00 bits per heavy atom. The number of anilines is 1. The van der Waals surface area contributed by atoms with Crippen LogP contribution in [-0.4, -0.2) is 35.6 Å². The third kappa shape index (κ3) is 3.96. The Morgan fingerprint density at radius 3 is 2.68 bits per heavy atom. The molecule has 0 radical (unpaired) electrons. The molecule has 0 saturated carbocycles. The molecule has 0 fully saturated rings. The molecular weight excluding hydrogens is 322 g/mol. The Morgan fingerprint density at radius 1 is 1.24 bits per heavy atom. The van der Waals surface area contributed by atoms with Gasteiger partial charge in [0.15, 0.2) is 0 Å². The molecule has 2 amide bonds. The highest BCUT2D eigenvalue weighted by Gasteiger charge is 2.20. The molecule has 1 aliphatic heterocycles. The van der Waals surface area contributed by atoms with E-state index in [4.69, 9.17) is 9.94 Å². The summed E-state index contributed by atoms with van der Waals surface area (Å²) in [5.41, 5.74) is 4.51. The van der Waals surface area contributed by atoms with E-state index in [9.17, 15) is 9.59 Å². The SMILES string of the molecule is COc1ccc(CN2CC(=O)Nc3ccc(C(=O)NO)cc3C2)cc1. The maximum absolute atomic E-state index is 12.1. The molecule has 130 valence electrons. The lowest BCUT2D eigenvalue weighted by molar-refractivity contribution is -0.117. The summed E-state index contributed by atoms with van der Waals surface area (Å²) >= 11 is 0. The minimum absolute atomic E-state index is 0.105. The number of fused-ring (bicyclic) bond motifs is 1. The summed E-state index contributed by atoms with van der Waals surface area (Å²) in [4.78, 5) is 25.7. The predicted molar refractivity (Wildman–Crippen MR) is 91.4 cm³/mol. The Hall–Kier alpha value is -2.90. The second-order valence-electron chi connectivity index (χ2n) is 5.85. The van der Waals surface area contributed by atoms with Crippen LogP contribution < -0.4 is 15.5 Å². The average molecular weight is 341 g/mol. The normalized spacial score (nSPS) is 14.2. The van der Waals surface area contributed by atoms with E-state index < -0.39 is 5.91 Å². The first-order valence-corrected chi connectivity index (χ1v) is 7.81. The van der Waals surface area contributed by atoms with Crippen molar-refractivity contribution in [3.05, 3.63) is 59.2 Å². The van der Waals surface area contributed by atoms with E-state index in [1.54, 1.807) is 30.8 Å². The lowest BCUT2D eigenvalue weighted by Gasteiger charge is -2.19. The first-order chi connectivity index (χ1) is 12.1. The van der Waals surface area contributed by atoms with Crippen molar-refractivity contribution in [2.45, 2.75) is 13.1 Å². The summed E-state index contributed by atoms with van der Waals surface area (Å²) in [7, 11) is 1.62. The molecule has 25 heavy (non-hydrogen) atoms. The molecular formula is C18H19N3O4. The van der Waals surface area contributed by atoms with Crippen LogP contribution in [0.2, 0.25) is 0 Å². The molecule has 0 aromatic heterocycles. The van der Waals surface area contributed by atoms with Crippen LogP contribution >= 0.6 is 0 Å². The highest BCUT2D eigenvalue weighted by Crippen LogP contribution is 2.24. The third-order valence-corrected chi connectivity index (χ3v) is 4.07. The van der Waals surface area contributed by atoms with Crippen molar-refractivity contribution in [1.82, 2.24) is 10.4 Å². The van der Waals surface area contributed by atoms with Crippen LogP contribution in [0, 0.1) is 0 Å². The van der Waals surface area contributed by atoms with Crippen LogP contribution in [-0.2, 0) is 17.9 Å². The molecule has 0 atom stereocenters. The zero-order chi connectivity index (χ0) is 17.8. The van der Waals surface area contributed by atoms with Crippen molar-refractivity contribution in [3.63, 3.8) is 0 Å². The van der Waals surface area contributed by atoms with Gasteiger partial charge in [-0.25, -0.2) is 5.48 Å². The maximum Gasteiger partial charge on any atom is 0.274 e.